The predicted octanol–water partition coefficient (Wildman–Crippen LogP) is 4.22. The zero-order valence-electron chi connectivity index (χ0n) is 12.3. The van der Waals surface area contributed by atoms with Crippen molar-refractivity contribution >= 4 is 5.69 Å². The van der Waals surface area contributed by atoms with Crippen molar-refractivity contribution in [3.05, 3.63) is 59.2 Å². The predicted molar refractivity (Wildman–Crippen MR) is 85.9 cm³/mol. The summed E-state index contributed by atoms with van der Waals surface area (Å²) in [5.41, 5.74) is 5.36. The Labute approximate surface area is 126 Å². The van der Waals surface area contributed by atoms with Gasteiger partial charge in [0.05, 0.1) is 6.04 Å². The van der Waals surface area contributed by atoms with Gasteiger partial charge in [-0.15, -0.1) is 0 Å². The lowest BCUT2D eigenvalue weighted by Crippen LogP contribution is -2.28. The number of phenolic OH excluding ortho intramolecular Hbond substituents is 1. The Balaban J connectivity index is 1.77. The Morgan fingerprint density at radius 2 is 1.86 bits per heavy atom. The third-order valence-corrected chi connectivity index (χ3v) is 4.99. The molecule has 1 unspecified atom stereocenters. The fourth-order valence-corrected chi connectivity index (χ4v) is 3.98. The van der Waals surface area contributed by atoms with Gasteiger partial charge in [0, 0.05) is 12.2 Å². The molecule has 0 saturated heterocycles. The lowest BCUT2D eigenvalue weighted by Gasteiger charge is -2.32. The number of phenols is 1. The van der Waals surface area contributed by atoms with Crippen molar-refractivity contribution in [2.75, 3.05) is 11.4 Å². The van der Waals surface area contributed by atoms with Gasteiger partial charge in [-0.1, -0.05) is 30.3 Å². The second kappa shape index (κ2) is 5.10. The number of hydrogen-bond donors (Lipinski definition) is 1. The van der Waals surface area contributed by atoms with E-state index < -0.39 is 0 Å². The van der Waals surface area contributed by atoms with E-state index in [1.807, 2.05) is 12.1 Å². The number of nitrogens with zero attached hydrogens (tertiary/aromatic N) is 1. The molecule has 0 saturated carbocycles. The van der Waals surface area contributed by atoms with Gasteiger partial charge in [0.2, 0.25) is 0 Å². The van der Waals surface area contributed by atoms with Crippen molar-refractivity contribution in [2.45, 2.75) is 38.1 Å². The number of para-hydroxylation sites is 1. The van der Waals surface area contributed by atoms with Gasteiger partial charge >= 0.3 is 0 Å². The van der Waals surface area contributed by atoms with Gasteiger partial charge in [-0.2, -0.15) is 0 Å². The highest BCUT2D eigenvalue weighted by atomic mass is 16.3. The van der Waals surface area contributed by atoms with E-state index in [9.17, 15) is 5.11 Å². The van der Waals surface area contributed by atoms with Crippen LogP contribution < -0.4 is 4.90 Å². The summed E-state index contributed by atoms with van der Waals surface area (Å²) in [6.07, 6.45) is 5.81. The minimum atomic E-state index is 0.423. The molecule has 2 aromatic rings. The number of benzene rings is 2. The zero-order chi connectivity index (χ0) is 14.2. The molecule has 0 aromatic heterocycles. The standard InChI is InChI=1S/C19H21NO/c21-19-10-5-8-15-16(19)11-12-18(15)20-13-4-3-7-14-6-1-2-9-17(14)20/h1-2,5-6,8-10,18,21H,3-4,7,11-13H2. The number of anilines is 1. The molecule has 0 amide bonds. The maximum atomic E-state index is 10.1. The lowest BCUT2D eigenvalue weighted by molar-refractivity contribution is 0.469. The van der Waals surface area contributed by atoms with Gasteiger partial charge in [0.25, 0.3) is 0 Å². The van der Waals surface area contributed by atoms with Crippen LogP contribution in [0.15, 0.2) is 42.5 Å². The second-order valence-electron chi connectivity index (χ2n) is 6.18. The van der Waals surface area contributed by atoms with Crippen LogP contribution in [0.4, 0.5) is 5.69 Å². The average molecular weight is 279 g/mol. The molecule has 0 fully saturated rings. The van der Waals surface area contributed by atoms with Crippen molar-refractivity contribution in [1.29, 1.82) is 0 Å². The van der Waals surface area contributed by atoms with Crippen LogP contribution in [0, 0.1) is 0 Å². The first-order valence-electron chi connectivity index (χ1n) is 8.00. The first-order valence-corrected chi connectivity index (χ1v) is 8.00. The van der Waals surface area contributed by atoms with E-state index in [0.29, 0.717) is 11.8 Å². The third-order valence-electron chi connectivity index (χ3n) is 4.99. The number of hydrogen-bond acceptors (Lipinski definition) is 2. The van der Waals surface area contributed by atoms with Crippen molar-refractivity contribution in [3.63, 3.8) is 0 Å². The van der Waals surface area contributed by atoms with Crippen LogP contribution in [-0.4, -0.2) is 11.7 Å². The second-order valence-corrected chi connectivity index (χ2v) is 6.18. The molecular weight excluding hydrogens is 258 g/mol. The minimum Gasteiger partial charge on any atom is -0.508 e. The Bertz CT molecular complexity index is 664. The smallest absolute Gasteiger partial charge is 0.119 e. The van der Waals surface area contributed by atoms with Crippen LogP contribution in [0.2, 0.25) is 0 Å². The third kappa shape index (κ3) is 2.10. The highest BCUT2D eigenvalue weighted by Gasteiger charge is 2.31. The summed E-state index contributed by atoms with van der Waals surface area (Å²) in [6.45, 7) is 1.12. The summed E-state index contributed by atoms with van der Waals surface area (Å²) < 4.78 is 0. The number of rotatable bonds is 1. The fourth-order valence-electron chi connectivity index (χ4n) is 3.98. The van der Waals surface area contributed by atoms with Gasteiger partial charge < -0.3 is 10.0 Å². The molecular formula is C19H21NO. The van der Waals surface area contributed by atoms with Gasteiger partial charge in [-0.3, -0.25) is 0 Å². The van der Waals surface area contributed by atoms with Crippen molar-refractivity contribution in [3.8, 4) is 5.75 Å². The summed E-state index contributed by atoms with van der Waals surface area (Å²) in [7, 11) is 0. The Morgan fingerprint density at radius 1 is 0.952 bits per heavy atom. The Morgan fingerprint density at radius 3 is 2.81 bits per heavy atom. The topological polar surface area (TPSA) is 23.5 Å². The highest BCUT2D eigenvalue weighted by molar-refractivity contribution is 5.58. The van der Waals surface area contributed by atoms with Crippen LogP contribution in [0.3, 0.4) is 0 Å². The van der Waals surface area contributed by atoms with E-state index >= 15 is 0 Å². The van der Waals surface area contributed by atoms with Crippen molar-refractivity contribution in [2.24, 2.45) is 0 Å². The summed E-state index contributed by atoms with van der Waals surface area (Å²) >= 11 is 0. The number of aromatic hydroxyl groups is 1. The van der Waals surface area contributed by atoms with Crippen LogP contribution in [0.25, 0.3) is 0 Å². The van der Waals surface area contributed by atoms with Gasteiger partial charge in [0.1, 0.15) is 5.75 Å². The average Bonchev–Trinajstić information content (AvgIpc) is 2.82. The molecule has 2 heteroatoms. The molecule has 1 N–H and O–H groups in total. The molecule has 4 rings (SSSR count). The van der Waals surface area contributed by atoms with E-state index in [4.69, 9.17) is 0 Å². The highest BCUT2D eigenvalue weighted by Crippen LogP contribution is 2.43. The molecule has 2 aliphatic rings. The molecule has 0 spiro atoms. The lowest BCUT2D eigenvalue weighted by atomic mass is 10.0. The van der Waals surface area contributed by atoms with Crippen LogP contribution >= 0.6 is 0 Å². The first kappa shape index (κ1) is 12.8. The SMILES string of the molecule is Oc1cccc2c1CCC2N1CCCCc2ccccc21. The molecule has 0 bridgehead atoms. The van der Waals surface area contributed by atoms with E-state index in [1.165, 1.54) is 36.1 Å². The molecule has 21 heavy (non-hydrogen) atoms. The summed E-state index contributed by atoms with van der Waals surface area (Å²) in [5, 5.41) is 10.1. The minimum absolute atomic E-state index is 0.423. The fraction of sp³-hybridized carbons (Fsp3) is 0.368. The van der Waals surface area contributed by atoms with Crippen LogP contribution in [0.1, 0.15) is 42.0 Å². The molecule has 1 aliphatic carbocycles. The maximum Gasteiger partial charge on any atom is 0.119 e. The number of fused-ring (bicyclic) bond motifs is 2. The zero-order valence-corrected chi connectivity index (χ0v) is 12.3. The first-order chi connectivity index (χ1) is 10.3. The largest absolute Gasteiger partial charge is 0.508 e. The Hall–Kier alpha value is -1.96. The van der Waals surface area contributed by atoms with Gasteiger partial charge in [0.15, 0.2) is 0 Å². The molecule has 1 aliphatic heterocycles. The van der Waals surface area contributed by atoms with Crippen molar-refractivity contribution < 1.29 is 5.11 Å². The summed E-state index contributed by atoms with van der Waals surface area (Å²) in [6, 6.07) is 15.2. The molecule has 108 valence electrons. The molecule has 1 heterocycles. The molecule has 2 aromatic carbocycles. The normalized spacial score (nSPS) is 20.8. The molecule has 2 nitrogen and oxygen atoms in total. The van der Waals surface area contributed by atoms with E-state index in [-0.39, 0.29) is 0 Å². The Kier molecular flexibility index (Phi) is 3.10. The molecule has 0 radical (unpaired) electrons. The van der Waals surface area contributed by atoms with Crippen molar-refractivity contribution in [1.82, 2.24) is 0 Å². The van der Waals surface area contributed by atoms with E-state index in [2.05, 4.69) is 35.2 Å². The van der Waals surface area contributed by atoms with Gasteiger partial charge in [-0.25, -0.2) is 0 Å². The van der Waals surface area contributed by atoms with Crippen LogP contribution in [-0.2, 0) is 12.8 Å². The number of aryl methyl sites for hydroxylation is 1. The maximum absolute atomic E-state index is 10.1. The van der Waals surface area contributed by atoms with Gasteiger partial charge in [-0.05, 0) is 60.9 Å². The van der Waals surface area contributed by atoms with E-state index in [1.54, 1.807) is 0 Å². The monoisotopic (exact) mass is 279 g/mol. The van der Waals surface area contributed by atoms with Crippen LogP contribution in [0.5, 0.6) is 5.75 Å². The summed E-state index contributed by atoms with van der Waals surface area (Å²) in [5.74, 6) is 0.470. The van der Waals surface area contributed by atoms with E-state index in [0.717, 1.165) is 24.9 Å². The quantitative estimate of drug-likeness (QED) is 0.844. The molecule has 1 atom stereocenters. The summed E-state index contributed by atoms with van der Waals surface area (Å²) in [4.78, 5) is 2.58.